The number of carboxylic acid groups (broad SMARTS) is 1. The second-order valence-corrected chi connectivity index (χ2v) is 7.39. The number of nitrogens with one attached hydrogen (secondary N) is 1. The molecule has 2 aromatic heterocycles. The van der Waals surface area contributed by atoms with E-state index in [-0.39, 0.29) is 23.2 Å². The second-order valence-electron chi connectivity index (χ2n) is 7.39. The van der Waals surface area contributed by atoms with Crippen molar-refractivity contribution in [2.24, 2.45) is 5.92 Å². The minimum Gasteiger partial charge on any atom is -0.481 e. The number of aliphatic carboxylic acids is 1. The highest BCUT2D eigenvalue weighted by Gasteiger charge is 2.27. The molecule has 2 N–H and O–H groups in total. The maximum Gasteiger partial charge on any atom is 0.306 e. The van der Waals surface area contributed by atoms with Gasteiger partial charge in [-0.1, -0.05) is 24.6 Å². The number of hydrogen-bond acceptors (Lipinski definition) is 5. The van der Waals surface area contributed by atoms with Crippen molar-refractivity contribution >= 4 is 11.9 Å². The lowest BCUT2D eigenvalue weighted by atomic mass is 9.86. The molecule has 0 bridgehead atoms. The van der Waals surface area contributed by atoms with E-state index in [9.17, 15) is 19.1 Å². The van der Waals surface area contributed by atoms with Gasteiger partial charge in [-0.3, -0.25) is 14.2 Å². The van der Waals surface area contributed by atoms with Crippen LogP contribution in [0.3, 0.4) is 0 Å². The number of rotatable bonds is 5. The van der Waals surface area contributed by atoms with Crippen LogP contribution in [-0.2, 0) is 4.79 Å². The van der Waals surface area contributed by atoms with Crippen LogP contribution in [0.25, 0.3) is 16.9 Å². The van der Waals surface area contributed by atoms with Crippen LogP contribution in [-0.4, -0.2) is 31.7 Å². The summed E-state index contributed by atoms with van der Waals surface area (Å²) in [6.45, 7) is 0. The molecule has 154 valence electrons. The van der Waals surface area contributed by atoms with Crippen LogP contribution in [0.15, 0.2) is 59.7 Å². The van der Waals surface area contributed by atoms with E-state index in [1.165, 1.54) is 10.6 Å². The van der Waals surface area contributed by atoms with Gasteiger partial charge in [0.2, 0.25) is 5.95 Å². The van der Waals surface area contributed by atoms with Gasteiger partial charge in [0.15, 0.2) is 5.82 Å². The number of aromatic nitrogens is 3. The maximum absolute atomic E-state index is 14.5. The lowest BCUT2D eigenvalue weighted by Crippen LogP contribution is -2.31. The number of carbonyl (C=O) groups is 1. The van der Waals surface area contributed by atoms with Gasteiger partial charge >= 0.3 is 5.97 Å². The van der Waals surface area contributed by atoms with Crippen LogP contribution in [0, 0.1) is 11.7 Å². The fraction of sp³-hybridized carbons (Fsp3) is 0.273. The predicted molar refractivity (Wildman–Crippen MR) is 110 cm³/mol. The largest absolute Gasteiger partial charge is 0.481 e. The SMILES string of the molecule is O=C(O)[C@@H]1CCC[C@H](Nc2ncc(F)c(-c3cccc(-n4ccccc4=O)c3)n2)C1. The van der Waals surface area contributed by atoms with Crippen LogP contribution < -0.4 is 10.9 Å². The van der Waals surface area contributed by atoms with Crippen molar-refractivity contribution in [3.8, 4) is 16.9 Å². The number of hydrogen-bond donors (Lipinski definition) is 2. The summed E-state index contributed by atoms with van der Waals surface area (Å²) < 4.78 is 16.0. The molecule has 1 aliphatic rings. The standard InChI is InChI=1S/C22H21FN4O3/c23-18-13-24-22(25-16-7-3-6-15(11-16)21(29)30)26-20(18)14-5-4-8-17(12-14)27-10-2-1-9-19(27)28/h1-2,4-5,8-10,12-13,15-16H,3,6-7,11H2,(H,29,30)(H,24,25,26)/t15-,16+/m1/s1. The molecular formula is C22H21FN4O3. The molecule has 4 rings (SSSR count). The molecule has 1 aliphatic carbocycles. The Bertz CT molecular complexity index is 1130. The van der Waals surface area contributed by atoms with E-state index in [0.717, 1.165) is 19.0 Å². The van der Waals surface area contributed by atoms with E-state index in [2.05, 4.69) is 15.3 Å². The Morgan fingerprint density at radius 2 is 2.07 bits per heavy atom. The monoisotopic (exact) mass is 408 g/mol. The fourth-order valence-electron chi connectivity index (χ4n) is 3.81. The van der Waals surface area contributed by atoms with Gasteiger partial charge in [-0.05, 0) is 37.5 Å². The highest BCUT2D eigenvalue weighted by atomic mass is 19.1. The maximum atomic E-state index is 14.5. The molecule has 0 aliphatic heterocycles. The minimum absolute atomic E-state index is 0.0765. The molecule has 7 nitrogen and oxygen atoms in total. The molecule has 1 saturated carbocycles. The third kappa shape index (κ3) is 4.22. The van der Waals surface area contributed by atoms with Gasteiger partial charge in [0.05, 0.1) is 12.1 Å². The second kappa shape index (κ2) is 8.44. The normalized spacial score (nSPS) is 18.7. The first-order valence-corrected chi connectivity index (χ1v) is 9.81. The smallest absolute Gasteiger partial charge is 0.306 e. The van der Waals surface area contributed by atoms with Gasteiger partial charge in [0.25, 0.3) is 5.56 Å². The predicted octanol–water partition coefficient (Wildman–Crippen LogP) is 3.49. The molecule has 0 spiro atoms. The lowest BCUT2D eigenvalue weighted by molar-refractivity contribution is -0.142. The Balaban J connectivity index is 1.61. The van der Waals surface area contributed by atoms with E-state index in [1.807, 2.05) is 0 Å². The van der Waals surface area contributed by atoms with Gasteiger partial charge in [-0.25, -0.2) is 14.4 Å². The molecule has 3 aromatic rings. The summed E-state index contributed by atoms with van der Waals surface area (Å²) in [6.07, 6.45) is 5.51. The Hall–Kier alpha value is -3.55. The first-order valence-electron chi connectivity index (χ1n) is 9.81. The first kappa shape index (κ1) is 19.8. The number of carboxylic acids is 1. The van der Waals surface area contributed by atoms with Gasteiger partial charge in [-0.15, -0.1) is 0 Å². The molecule has 2 heterocycles. The number of nitrogens with zero attached hydrogens (tertiary/aromatic N) is 3. The van der Waals surface area contributed by atoms with Crippen LogP contribution in [0.4, 0.5) is 10.3 Å². The molecule has 0 amide bonds. The Morgan fingerprint density at radius 1 is 1.20 bits per heavy atom. The molecule has 0 radical (unpaired) electrons. The highest BCUT2D eigenvalue weighted by molar-refractivity contribution is 5.70. The number of halogens is 1. The molecule has 0 unspecified atom stereocenters. The van der Waals surface area contributed by atoms with E-state index < -0.39 is 17.7 Å². The van der Waals surface area contributed by atoms with Crippen molar-refractivity contribution in [1.29, 1.82) is 0 Å². The summed E-state index contributed by atoms with van der Waals surface area (Å²) in [5.74, 6) is -1.51. The van der Waals surface area contributed by atoms with Crippen molar-refractivity contribution in [2.45, 2.75) is 31.7 Å². The molecule has 1 aromatic carbocycles. The average Bonchev–Trinajstić information content (AvgIpc) is 2.76. The van der Waals surface area contributed by atoms with Gasteiger partial charge in [0.1, 0.15) is 5.69 Å². The fourth-order valence-corrected chi connectivity index (χ4v) is 3.81. The third-order valence-electron chi connectivity index (χ3n) is 5.32. The molecule has 8 heteroatoms. The van der Waals surface area contributed by atoms with Gasteiger partial charge in [0, 0.05) is 29.6 Å². The van der Waals surface area contributed by atoms with Crippen molar-refractivity contribution in [3.63, 3.8) is 0 Å². The quantitative estimate of drug-likeness (QED) is 0.671. The van der Waals surface area contributed by atoms with Crippen LogP contribution in [0.1, 0.15) is 25.7 Å². The first-order chi connectivity index (χ1) is 14.5. The van der Waals surface area contributed by atoms with Crippen molar-refractivity contribution in [3.05, 3.63) is 71.0 Å². The zero-order valence-corrected chi connectivity index (χ0v) is 16.2. The van der Waals surface area contributed by atoms with Crippen molar-refractivity contribution in [2.75, 3.05) is 5.32 Å². The van der Waals surface area contributed by atoms with Crippen LogP contribution in [0.2, 0.25) is 0 Å². The molecule has 30 heavy (non-hydrogen) atoms. The topological polar surface area (TPSA) is 97.1 Å². The summed E-state index contributed by atoms with van der Waals surface area (Å²) in [7, 11) is 0. The van der Waals surface area contributed by atoms with Crippen LogP contribution >= 0.6 is 0 Å². The Kier molecular flexibility index (Phi) is 5.56. The van der Waals surface area contributed by atoms with Gasteiger partial charge in [-0.2, -0.15) is 0 Å². The van der Waals surface area contributed by atoms with Crippen LogP contribution in [0.5, 0.6) is 0 Å². The van der Waals surface area contributed by atoms with E-state index >= 15 is 0 Å². The zero-order valence-electron chi connectivity index (χ0n) is 16.2. The molecule has 0 saturated heterocycles. The average molecular weight is 408 g/mol. The molecule has 1 fully saturated rings. The van der Waals surface area contributed by atoms with Crippen molar-refractivity contribution in [1.82, 2.24) is 14.5 Å². The van der Waals surface area contributed by atoms with E-state index in [1.54, 1.807) is 42.6 Å². The Morgan fingerprint density at radius 3 is 2.87 bits per heavy atom. The minimum atomic E-state index is -0.796. The summed E-state index contributed by atoms with van der Waals surface area (Å²) in [6, 6.07) is 11.7. The summed E-state index contributed by atoms with van der Waals surface area (Å²) in [5, 5.41) is 12.4. The van der Waals surface area contributed by atoms with E-state index in [0.29, 0.717) is 24.1 Å². The molecular weight excluding hydrogens is 387 g/mol. The highest BCUT2D eigenvalue weighted by Crippen LogP contribution is 2.28. The van der Waals surface area contributed by atoms with E-state index in [4.69, 9.17) is 0 Å². The zero-order chi connectivity index (χ0) is 21.1. The number of pyridine rings is 1. The van der Waals surface area contributed by atoms with Crippen molar-refractivity contribution < 1.29 is 14.3 Å². The summed E-state index contributed by atoms with van der Waals surface area (Å²) in [5.41, 5.74) is 1.04. The summed E-state index contributed by atoms with van der Waals surface area (Å²) >= 11 is 0. The summed E-state index contributed by atoms with van der Waals surface area (Å²) in [4.78, 5) is 31.7. The van der Waals surface area contributed by atoms with Gasteiger partial charge < -0.3 is 10.4 Å². The molecule has 2 atom stereocenters. The number of benzene rings is 1. The third-order valence-corrected chi connectivity index (χ3v) is 5.32. The lowest BCUT2D eigenvalue weighted by Gasteiger charge is -2.27. The Labute approximate surface area is 172 Å². The number of anilines is 1.